The summed E-state index contributed by atoms with van der Waals surface area (Å²) in [5.74, 6) is -0.405. The van der Waals surface area contributed by atoms with Crippen LogP contribution in [-0.2, 0) is 0 Å². The third-order valence-electron chi connectivity index (χ3n) is 4.40. The summed E-state index contributed by atoms with van der Waals surface area (Å²) in [6.45, 7) is 4.00. The maximum Gasteiger partial charge on any atom is 0.270 e. The van der Waals surface area contributed by atoms with Gasteiger partial charge in [-0.1, -0.05) is 11.6 Å². The molecule has 0 spiro atoms. The lowest BCUT2D eigenvalue weighted by Crippen LogP contribution is -2.44. The first-order valence-corrected chi connectivity index (χ1v) is 8.60. The van der Waals surface area contributed by atoms with E-state index in [1.807, 2.05) is 24.3 Å². The maximum absolute atomic E-state index is 12.4. The minimum Gasteiger partial charge on any atom is -0.369 e. The standard InChI is InChI=1S/C18H19ClN4O3/c1-21-8-10-22(11-9-21)14-4-2-13(3-5-14)20-18(24)16-7-6-15(23(25)26)12-17(16)19/h2-7,12H,8-11H2,1H3,(H,20,24). The lowest BCUT2D eigenvalue weighted by molar-refractivity contribution is -0.384. The number of likely N-dealkylation sites (N-methyl/N-ethyl adjacent to an activating group) is 1. The second-order valence-corrected chi connectivity index (χ2v) is 6.62. The van der Waals surface area contributed by atoms with E-state index in [1.54, 1.807) is 0 Å². The molecule has 1 fully saturated rings. The number of nitro benzene ring substituents is 1. The summed E-state index contributed by atoms with van der Waals surface area (Å²) in [7, 11) is 2.11. The summed E-state index contributed by atoms with van der Waals surface area (Å²) in [6.07, 6.45) is 0. The van der Waals surface area contributed by atoms with E-state index in [0.29, 0.717) is 5.69 Å². The van der Waals surface area contributed by atoms with Crippen molar-refractivity contribution in [2.24, 2.45) is 0 Å². The number of non-ortho nitro benzene ring substituents is 1. The molecule has 3 rings (SSSR count). The van der Waals surface area contributed by atoms with Gasteiger partial charge >= 0.3 is 0 Å². The average molecular weight is 375 g/mol. The Bertz CT molecular complexity index is 818. The topological polar surface area (TPSA) is 78.7 Å². The fourth-order valence-corrected chi connectivity index (χ4v) is 3.08. The Morgan fingerprint density at radius 1 is 1.12 bits per heavy atom. The largest absolute Gasteiger partial charge is 0.369 e. The number of nitro groups is 1. The van der Waals surface area contributed by atoms with Crippen LogP contribution in [0.25, 0.3) is 0 Å². The van der Waals surface area contributed by atoms with Crippen molar-refractivity contribution in [2.75, 3.05) is 43.4 Å². The van der Waals surface area contributed by atoms with Crippen molar-refractivity contribution in [3.63, 3.8) is 0 Å². The van der Waals surface area contributed by atoms with Crippen LogP contribution >= 0.6 is 11.6 Å². The number of halogens is 1. The predicted octanol–water partition coefficient (Wildman–Crippen LogP) is 3.25. The van der Waals surface area contributed by atoms with Crippen LogP contribution in [0, 0.1) is 10.1 Å². The Morgan fingerprint density at radius 3 is 2.35 bits per heavy atom. The number of carbonyl (C=O) groups is 1. The lowest BCUT2D eigenvalue weighted by Gasteiger charge is -2.34. The number of rotatable bonds is 4. The number of nitrogens with zero attached hydrogens (tertiary/aromatic N) is 3. The van der Waals surface area contributed by atoms with Gasteiger partial charge in [0.15, 0.2) is 0 Å². The molecule has 8 heteroatoms. The van der Waals surface area contributed by atoms with Gasteiger partial charge < -0.3 is 15.1 Å². The Hall–Kier alpha value is -2.64. The molecular weight excluding hydrogens is 356 g/mol. The molecule has 2 aromatic carbocycles. The highest BCUT2D eigenvalue weighted by atomic mass is 35.5. The molecule has 26 heavy (non-hydrogen) atoms. The zero-order valence-corrected chi connectivity index (χ0v) is 15.1. The van der Waals surface area contributed by atoms with E-state index in [-0.39, 0.29) is 16.3 Å². The SMILES string of the molecule is CN1CCN(c2ccc(NC(=O)c3ccc([N+](=O)[O-])cc3Cl)cc2)CC1. The van der Waals surface area contributed by atoms with E-state index in [2.05, 4.69) is 22.2 Å². The molecule has 1 amide bonds. The van der Waals surface area contributed by atoms with Gasteiger partial charge in [0, 0.05) is 49.7 Å². The molecule has 1 aliphatic heterocycles. The molecule has 0 bridgehead atoms. The first-order valence-electron chi connectivity index (χ1n) is 8.23. The summed E-state index contributed by atoms with van der Waals surface area (Å²) >= 11 is 6.00. The molecule has 1 N–H and O–H groups in total. The zero-order chi connectivity index (χ0) is 18.7. The van der Waals surface area contributed by atoms with Crippen molar-refractivity contribution in [3.8, 4) is 0 Å². The molecule has 2 aromatic rings. The normalized spacial score (nSPS) is 14.9. The molecule has 0 radical (unpaired) electrons. The number of anilines is 2. The van der Waals surface area contributed by atoms with Gasteiger partial charge in [-0.05, 0) is 37.4 Å². The Kier molecular flexibility index (Phi) is 5.39. The van der Waals surface area contributed by atoms with E-state index in [0.717, 1.165) is 31.9 Å². The van der Waals surface area contributed by atoms with Gasteiger partial charge in [-0.15, -0.1) is 0 Å². The summed E-state index contributed by atoms with van der Waals surface area (Å²) < 4.78 is 0. The van der Waals surface area contributed by atoms with Crippen molar-refractivity contribution in [2.45, 2.75) is 0 Å². The third kappa shape index (κ3) is 4.12. The van der Waals surface area contributed by atoms with Crippen molar-refractivity contribution in [1.82, 2.24) is 4.90 Å². The Labute approximate surface area is 156 Å². The Balaban J connectivity index is 1.67. The monoisotopic (exact) mass is 374 g/mol. The van der Waals surface area contributed by atoms with Gasteiger partial charge in [0.1, 0.15) is 0 Å². The van der Waals surface area contributed by atoms with Gasteiger partial charge in [-0.3, -0.25) is 14.9 Å². The second kappa shape index (κ2) is 7.72. The molecule has 136 valence electrons. The van der Waals surface area contributed by atoms with Gasteiger partial charge in [-0.25, -0.2) is 0 Å². The number of nitrogens with one attached hydrogen (secondary N) is 1. The van der Waals surface area contributed by atoms with Crippen LogP contribution in [0.1, 0.15) is 10.4 Å². The molecule has 0 aromatic heterocycles. The quantitative estimate of drug-likeness (QED) is 0.656. The second-order valence-electron chi connectivity index (χ2n) is 6.21. The summed E-state index contributed by atoms with van der Waals surface area (Å²) in [4.78, 5) is 27.1. The van der Waals surface area contributed by atoms with Crippen LogP contribution < -0.4 is 10.2 Å². The fraction of sp³-hybridized carbons (Fsp3) is 0.278. The molecule has 0 atom stereocenters. The fourth-order valence-electron chi connectivity index (χ4n) is 2.82. The van der Waals surface area contributed by atoms with E-state index < -0.39 is 10.8 Å². The summed E-state index contributed by atoms with van der Waals surface area (Å²) in [5, 5.41) is 13.6. The average Bonchev–Trinajstić information content (AvgIpc) is 2.63. The van der Waals surface area contributed by atoms with Gasteiger partial charge in [0.2, 0.25) is 0 Å². The number of hydrogen-bond acceptors (Lipinski definition) is 5. The molecule has 1 heterocycles. The predicted molar refractivity (Wildman–Crippen MR) is 102 cm³/mol. The number of carbonyl (C=O) groups excluding carboxylic acids is 1. The number of amides is 1. The lowest BCUT2D eigenvalue weighted by atomic mass is 10.1. The van der Waals surface area contributed by atoms with Crippen molar-refractivity contribution < 1.29 is 9.72 Å². The molecule has 0 saturated carbocycles. The van der Waals surface area contributed by atoms with Crippen molar-refractivity contribution in [1.29, 1.82) is 0 Å². The summed E-state index contributed by atoms with van der Waals surface area (Å²) in [6, 6.07) is 11.4. The van der Waals surface area contributed by atoms with Crippen molar-refractivity contribution in [3.05, 3.63) is 63.2 Å². The first-order chi connectivity index (χ1) is 12.4. The highest BCUT2D eigenvalue weighted by molar-refractivity contribution is 6.34. The highest BCUT2D eigenvalue weighted by Crippen LogP contribution is 2.24. The van der Waals surface area contributed by atoms with Crippen molar-refractivity contribution >= 4 is 34.6 Å². The number of hydrogen-bond donors (Lipinski definition) is 1. The number of piperazine rings is 1. The minimum absolute atomic E-state index is 0.0470. The van der Waals surface area contributed by atoms with E-state index in [1.165, 1.54) is 18.2 Å². The maximum atomic E-state index is 12.4. The number of benzene rings is 2. The molecule has 0 aliphatic carbocycles. The molecule has 1 aliphatic rings. The highest BCUT2D eigenvalue weighted by Gasteiger charge is 2.16. The Morgan fingerprint density at radius 2 is 1.77 bits per heavy atom. The minimum atomic E-state index is -0.551. The van der Waals surface area contributed by atoms with Gasteiger partial charge in [0.25, 0.3) is 11.6 Å². The molecule has 1 saturated heterocycles. The van der Waals surface area contributed by atoms with Crippen LogP contribution in [0.4, 0.5) is 17.1 Å². The molecule has 0 unspecified atom stereocenters. The molecule has 7 nitrogen and oxygen atoms in total. The van der Waals surface area contributed by atoms with Crippen LogP contribution in [-0.4, -0.2) is 49.0 Å². The van der Waals surface area contributed by atoms with Crippen LogP contribution in [0.5, 0.6) is 0 Å². The zero-order valence-electron chi connectivity index (χ0n) is 14.3. The van der Waals surface area contributed by atoms with Crippen LogP contribution in [0.2, 0.25) is 5.02 Å². The van der Waals surface area contributed by atoms with Crippen LogP contribution in [0.15, 0.2) is 42.5 Å². The summed E-state index contributed by atoms with van der Waals surface area (Å²) in [5.41, 5.74) is 1.80. The van der Waals surface area contributed by atoms with Gasteiger partial charge in [0.05, 0.1) is 15.5 Å². The first kappa shape index (κ1) is 18.2. The smallest absolute Gasteiger partial charge is 0.270 e. The van der Waals surface area contributed by atoms with E-state index in [4.69, 9.17) is 11.6 Å². The van der Waals surface area contributed by atoms with Gasteiger partial charge in [-0.2, -0.15) is 0 Å². The third-order valence-corrected chi connectivity index (χ3v) is 4.71. The van der Waals surface area contributed by atoms with E-state index >= 15 is 0 Å². The van der Waals surface area contributed by atoms with Crippen LogP contribution in [0.3, 0.4) is 0 Å². The van der Waals surface area contributed by atoms with E-state index in [9.17, 15) is 14.9 Å². The molecular formula is C18H19ClN4O3.